The molecule has 1 aromatic carbocycles. The highest BCUT2D eigenvalue weighted by molar-refractivity contribution is 14.1. The number of carbonyl (C=O) groups is 3. The maximum Gasteiger partial charge on any atom is 0.347 e. The first-order chi connectivity index (χ1) is 14.8. The highest BCUT2D eigenvalue weighted by atomic mass is 127. The monoisotopic (exact) mass is 538 g/mol. The number of methoxy groups -OCH3 is 1. The molecule has 0 aromatic heterocycles. The summed E-state index contributed by atoms with van der Waals surface area (Å²) in [7, 11) is 1.49. The number of allylic oxidation sites excluding steroid dienone is 2. The van der Waals surface area contributed by atoms with Crippen molar-refractivity contribution in [2.24, 2.45) is 28.8 Å². The lowest BCUT2D eigenvalue weighted by molar-refractivity contribution is -0.150. The predicted octanol–water partition coefficient (Wildman–Crippen LogP) is 2.77. The second kappa shape index (κ2) is 8.60. The third-order valence-electron chi connectivity index (χ3n) is 5.93. The fourth-order valence-electron chi connectivity index (χ4n) is 4.54. The Morgan fingerprint density at radius 1 is 1.26 bits per heavy atom. The lowest BCUT2D eigenvalue weighted by Crippen LogP contribution is -2.28. The smallest absolute Gasteiger partial charge is 0.347 e. The Balaban J connectivity index is 1.52. The summed E-state index contributed by atoms with van der Waals surface area (Å²) in [5.41, 5.74) is 0.635. The normalized spacial score (nSPS) is 27.2. The average molecular weight is 538 g/mol. The average Bonchev–Trinajstić information content (AvgIpc) is 3.42. The van der Waals surface area contributed by atoms with Crippen LogP contribution in [0.4, 0.5) is 0 Å². The van der Waals surface area contributed by atoms with Gasteiger partial charge < -0.3 is 14.2 Å². The van der Waals surface area contributed by atoms with Crippen molar-refractivity contribution in [3.05, 3.63) is 33.4 Å². The Hall–Kier alpha value is -2.43. The van der Waals surface area contributed by atoms with Gasteiger partial charge >= 0.3 is 5.97 Å². The first kappa shape index (κ1) is 21.8. The number of ether oxygens (including phenoxy) is 3. The molecule has 2 amide bonds. The largest absolute Gasteiger partial charge is 0.493 e. The number of hydrazone groups is 1. The number of halogens is 1. The molecule has 0 unspecified atom stereocenters. The van der Waals surface area contributed by atoms with E-state index in [1.807, 2.05) is 12.2 Å². The number of benzene rings is 1. The SMILES string of the molecule is CCOC(=O)[C@H](C)Oc1c(I)cc(C=NN2C(=O)[C@@H]3[C@H](C2=O)[C@H]2C=C[C@H]3C2)cc1OC. The Labute approximate surface area is 193 Å². The van der Waals surface area contributed by atoms with Crippen LogP contribution in [-0.2, 0) is 19.1 Å². The summed E-state index contributed by atoms with van der Waals surface area (Å²) >= 11 is 2.07. The van der Waals surface area contributed by atoms with E-state index in [1.54, 1.807) is 26.0 Å². The highest BCUT2D eigenvalue weighted by Gasteiger charge is 2.59. The highest BCUT2D eigenvalue weighted by Crippen LogP contribution is 2.52. The van der Waals surface area contributed by atoms with Crippen LogP contribution >= 0.6 is 22.6 Å². The van der Waals surface area contributed by atoms with Gasteiger partial charge in [0.1, 0.15) is 0 Å². The summed E-state index contributed by atoms with van der Waals surface area (Å²) in [4.78, 5) is 37.4. The molecule has 0 N–H and O–H groups in total. The maximum atomic E-state index is 12.8. The maximum absolute atomic E-state index is 12.8. The molecule has 2 bridgehead atoms. The minimum absolute atomic E-state index is 0.144. The number of amides is 2. The number of esters is 1. The summed E-state index contributed by atoms with van der Waals surface area (Å²) < 4.78 is 16.8. The second-order valence-electron chi connectivity index (χ2n) is 7.78. The fraction of sp³-hybridized carbons (Fsp3) is 0.455. The molecule has 0 spiro atoms. The van der Waals surface area contributed by atoms with Gasteiger partial charge in [0.05, 0.1) is 35.3 Å². The lowest BCUT2D eigenvalue weighted by atomic mass is 9.85. The van der Waals surface area contributed by atoms with Gasteiger partial charge in [-0.25, -0.2) is 4.79 Å². The molecule has 8 nitrogen and oxygen atoms in total. The molecule has 164 valence electrons. The van der Waals surface area contributed by atoms with Gasteiger partial charge in [-0.1, -0.05) is 12.2 Å². The van der Waals surface area contributed by atoms with Crippen LogP contribution in [0.3, 0.4) is 0 Å². The minimum Gasteiger partial charge on any atom is -0.493 e. The van der Waals surface area contributed by atoms with Gasteiger partial charge in [0, 0.05) is 0 Å². The number of hydrogen-bond donors (Lipinski definition) is 0. The summed E-state index contributed by atoms with van der Waals surface area (Å²) in [5, 5.41) is 5.21. The van der Waals surface area contributed by atoms with Crippen LogP contribution in [0.5, 0.6) is 11.5 Å². The molecule has 1 saturated carbocycles. The summed E-state index contributed by atoms with van der Waals surface area (Å²) in [6, 6.07) is 3.45. The van der Waals surface area contributed by atoms with Gasteiger partial charge in [-0.05, 0) is 72.4 Å². The number of hydrogen-bond acceptors (Lipinski definition) is 7. The van der Waals surface area contributed by atoms with Crippen LogP contribution < -0.4 is 9.47 Å². The molecule has 1 heterocycles. The van der Waals surface area contributed by atoms with E-state index in [0.717, 1.165) is 11.4 Å². The van der Waals surface area contributed by atoms with Gasteiger partial charge in [-0.2, -0.15) is 10.1 Å². The van der Waals surface area contributed by atoms with E-state index in [2.05, 4.69) is 27.7 Å². The standard InChI is InChI=1S/C22H23IN2O6/c1-4-30-22(28)11(2)31-19-15(23)7-12(8-16(19)29-3)10-24-25-20(26)17-13-5-6-14(9-13)18(17)21(25)27/h5-8,10-11,13-14,17-18H,4,9H2,1-3H3/t11-,13-,14-,17-,18+/m0/s1. The molecule has 5 atom stereocenters. The van der Waals surface area contributed by atoms with Crippen LogP contribution in [0, 0.1) is 27.2 Å². The van der Waals surface area contributed by atoms with Gasteiger partial charge in [-0.3, -0.25) is 9.59 Å². The first-order valence-corrected chi connectivity index (χ1v) is 11.2. The van der Waals surface area contributed by atoms with Gasteiger partial charge in [0.2, 0.25) is 0 Å². The zero-order valence-corrected chi connectivity index (χ0v) is 19.6. The Bertz CT molecular complexity index is 960. The van der Waals surface area contributed by atoms with Crippen molar-refractivity contribution >= 4 is 46.6 Å². The van der Waals surface area contributed by atoms with Crippen molar-refractivity contribution in [2.45, 2.75) is 26.4 Å². The molecule has 9 heteroatoms. The van der Waals surface area contributed by atoms with E-state index in [9.17, 15) is 14.4 Å². The van der Waals surface area contributed by atoms with E-state index in [4.69, 9.17) is 14.2 Å². The van der Waals surface area contributed by atoms with Crippen LogP contribution in [0.25, 0.3) is 0 Å². The summed E-state index contributed by atoms with van der Waals surface area (Å²) in [5.74, 6) is -0.388. The number of nitrogens with zero attached hydrogens (tertiary/aromatic N) is 2. The van der Waals surface area contributed by atoms with Crippen molar-refractivity contribution in [1.82, 2.24) is 5.01 Å². The molecular weight excluding hydrogens is 515 g/mol. The second-order valence-corrected chi connectivity index (χ2v) is 8.94. The predicted molar refractivity (Wildman–Crippen MR) is 120 cm³/mol. The molecule has 4 rings (SSSR count). The van der Waals surface area contributed by atoms with Crippen molar-refractivity contribution in [2.75, 3.05) is 13.7 Å². The molecule has 0 radical (unpaired) electrons. The van der Waals surface area contributed by atoms with Crippen LogP contribution in [0.2, 0.25) is 0 Å². The van der Waals surface area contributed by atoms with Gasteiger partial charge in [-0.15, -0.1) is 0 Å². The summed E-state index contributed by atoms with van der Waals surface area (Å²) in [6.45, 7) is 3.60. The quantitative estimate of drug-likeness (QED) is 0.174. The van der Waals surface area contributed by atoms with E-state index in [0.29, 0.717) is 20.6 Å². The molecule has 1 aromatic rings. The number of fused-ring (bicyclic) bond motifs is 5. The molecule has 3 aliphatic rings. The number of rotatable bonds is 7. The number of imide groups is 1. The van der Waals surface area contributed by atoms with Crippen molar-refractivity contribution in [3.63, 3.8) is 0 Å². The Morgan fingerprint density at radius 2 is 1.90 bits per heavy atom. The minimum atomic E-state index is -0.801. The lowest BCUT2D eigenvalue weighted by Gasteiger charge is -2.17. The summed E-state index contributed by atoms with van der Waals surface area (Å²) in [6.07, 6.45) is 5.65. The van der Waals surface area contributed by atoms with Crippen LogP contribution in [0.15, 0.2) is 29.4 Å². The zero-order chi connectivity index (χ0) is 22.3. The van der Waals surface area contributed by atoms with Crippen LogP contribution in [0.1, 0.15) is 25.8 Å². The third-order valence-corrected chi connectivity index (χ3v) is 6.74. The topological polar surface area (TPSA) is 94.5 Å². The van der Waals surface area contributed by atoms with E-state index < -0.39 is 12.1 Å². The zero-order valence-electron chi connectivity index (χ0n) is 17.4. The Kier molecular flexibility index (Phi) is 6.05. The molecule has 1 saturated heterocycles. The van der Waals surface area contributed by atoms with Crippen molar-refractivity contribution in [1.29, 1.82) is 0 Å². The van der Waals surface area contributed by atoms with E-state index in [1.165, 1.54) is 13.3 Å². The molecule has 2 aliphatic carbocycles. The number of carbonyl (C=O) groups excluding carboxylic acids is 3. The van der Waals surface area contributed by atoms with Gasteiger partial charge in [0.25, 0.3) is 11.8 Å². The molecule has 31 heavy (non-hydrogen) atoms. The van der Waals surface area contributed by atoms with E-state index >= 15 is 0 Å². The first-order valence-electron chi connectivity index (χ1n) is 10.2. The van der Waals surface area contributed by atoms with Crippen LogP contribution in [-0.4, -0.2) is 48.8 Å². The molecule has 2 fully saturated rings. The molecule has 1 aliphatic heterocycles. The fourth-order valence-corrected chi connectivity index (χ4v) is 5.29. The van der Waals surface area contributed by atoms with Gasteiger partial charge in [0.15, 0.2) is 17.6 Å². The Morgan fingerprint density at radius 3 is 2.48 bits per heavy atom. The third kappa shape index (κ3) is 3.83. The molecular formula is C22H23IN2O6. The van der Waals surface area contributed by atoms with Crippen molar-refractivity contribution < 1.29 is 28.6 Å². The van der Waals surface area contributed by atoms with Crippen molar-refractivity contribution in [3.8, 4) is 11.5 Å². The van der Waals surface area contributed by atoms with E-state index in [-0.39, 0.29) is 42.1 Å².